The first kappa shape index (κ1) is 19.5. The van der Waals surface area contributed by atoms with Gasteiger partial charge in [-0.2, -0.15) is 25.1 Å². The maximum Gasteiger partial charge on any atom is 0.256 e. The van der Waals surface area contributed by atoms with Gasteiger partial charge in [0.1, 0.15) is 0 Å². The minimum Gasteiger partial charge on any atom is -0.338 e. The monoisotopic (exact) mass is 430 g/mol. The van der Waals surface area contributed by atoms with Gasteiger partial charge in [-0.3, -0.25) is 0 Å². The molecule has 156 valence electrons. The van der Waals surface area contributed by atoms with E-state index >= 15 is 0 Å². The molecule has 0 atom stereocenters. The lowest BCUT2D eigenvalue weighted by molar-refractivity contribution is 0.714. The van der Waals surface area contributed by atoms with Crippen molar-refractivity contribution in [3.63, 3.8) is 0 Å². The molecule has 0 unspecified atom stereocenters. The zero-order valence-corrected chi connectivity index (χ0v) is 18.8. The van der Waals surface area contributed by atoms with E-state index in [1.807, 2.05) is 58.0 Å². The number of hydrogen-bond donors (Lipinski definition) is 0. The van der Waals surface area contributed by atoms with Crippen molar-refractivity contribution in [3.8, 4) is 11.9 Å². The predicted octanol–water partition coefficient (Wildman–Crippen LogP) is 4.02. The van der Waals surface area contributed by atoms with Crippen LogP contribution in [-0.2, 0) is 0 Å². The molecular formula is C22H22N8S. The maximum atomic E-state index is 4.72. The van der Waals surface area contributed by atoms with Gasteiger partial charge in [0.05, 0.1) is 22.1 Å². The minimum atomic E-state index is 0.471. The van der Waals surface area contributed by atoms with E-state index in [0.29, 0.717) is 17.7 Å². The van der Waals surface area contributed by atoms with Gasteiger partial charge in [-0.05, 0) is 52.0 Å². The van der Waals surface area contributed by atoms with E-state index in [0.717, 1.165) is 27.8 Å². The molecule has 1 aliphatic rings. The van der Waals surface area contributed by atoms with E-state index in [9.17, 15) is 0 Å². The topological polar surface area (TPSA) is 77.5 Å². The number of aryl methyl sites for hydroxylation is 4. The average molecular weight is 431 g/mol. The lowest BCUT2D eigenvalue weighted by atomic mass is 10.3. The van der Waals surface area contributed by atoms with Crippen LogP contribution in [0.2, 0.25) is 0 Å². The van der Waals surface area contributed by atoms with Crippen LogP contribution in [0.3, 0.4) is 0 Å². The van der Waals surface area contributed by atoms with Crippen LogP contribution in [0.1, 0.15) is 28.6 Å². The van der Waals surface area contributed by atoms with E-state index in [1.54, 1.807) is 21.1 Å². The molecule has 4 aromatic rings. The summed E-state index contributed by atoms with van der Waals surface area (Å²) in [5.74, 6) is 1.50. The quantitative estimate of drug-likeness (QED) is 0.486. The van der Waals surface area contributed by atoms with E-state index in [4.69, 9.17) is 9.97 Å². The van der Waals surface area contributed by atoms with E-state index in [-0.39, 0.29) is 0 Å². The number of benzene rings is 1. The molecule has 0 amide bonds. The fourth-order valence-corrected chi connectivity index (χ4v) is 4.72. The van der Waals surface area contributed by atoms with Gasteiger partial charge in [-0.25, -0.2) is 9.36 Å². The average Bonchev–Trinajstić information content (AvgIpc) is 3.36. The highest BCUT2D eigenvalue weighted by Crippen LogP contribution is 2.45. The molecule has 1 aliphatic heterocycles. The molecule has 3 aromatic heterocycles. The normalized spacial score (nSPS) is 14.5. The molecule has 8 nitrogen and oxygen atoms in total. The Morgan fingerprint density at radius 2 is 1.39 bits per heavy atom. The number of thioether (sulfide) groups is 1. The van der Waals surface area contributed by atoms with Gasteiger partial charge in [-0.1, -0.05) is 23.9 Å². The third-order valence-corrected chi connectivity index (χ3v) is 6.22. The van der Waals surface area contributed by atoms with Crippen LogP contribution in [0.5, 0.6) is 0 Å². The summed E-state index contributed by atoms with van der Waals surface area (Å²) in [4.78, 5) is 17.5. The molecule has 4 heterocycles. The summed E-state index contributed by atoms with van der Waals surface area (Å²) in [6.07, 6.45) is 1.98. The van der Waals surface area contributed by atoms with Crippen molar-refractivity contribution in [2.45, 2.75) is 32.6 Å². The molecule has 0 aliphatic carbocycles. The van der Waals surface area contributed by atoms with Crippen LogP contribution < -0.4 is 4.90 Å². The second kappa shape index (κ2) is 7.35. The molecule has 0 spiro atoms. The number of nitrogens with zero attached hydrogens (tertiary/aromatic N) is 8. The maximum absolute atomic E-state index is 4.72. The molecule has 1 aromatic carbocycles. The second-order valence-electron chi connectivity index (χ2n) is 7.58. The van der Waals surface area contributed by atoms with Gasteiger partial charge in [0.15, 0.2) is 5.82 Å². The second-order valence-corrected chi connectivity index (χ2v) is 8.65. The Labute approximate surface area is 184 Å². The molecule has 0 radical (unpaired) electrons. The summed E-state index contributed by atoms with van der Waals surface area (Å²) in [5.41, 5.74) is 4.91. The summed E-state index contributed by atoms with van der Waals surface area (Å²) in [6.45, 7) is 7.89. The van der Waals surface area contributed by atoms with Crippen molar-refractivity contribution in [2.75, 3.05) is 11.9 Å². The van der Waals surface area contributed by atoms with Crippen LogP contribution in [0.15, 0.2) is 46.3 Å². The van der Waals surface area contributed by atoms with Crippen LogP contribution in [0.4, 0.5) is 5.69 Å². The highest BCUT2D eigenvalue weighted by atomic mass is 32.2. The Bertz CT molecular complexity index is 1270. The fourth-order valence-electron chi connectivity index (χ4n) is 3.64. The molecular weight excluding hydrogens is 408 g/mol. The van der Waals surface area contributed by atoms with Gasteiger partial charge in [0.2, 0.25) is 0 Å². The molecule has 0 bridgehead atoms. The van der Waals surface area contributed by atoms with Crippen molar-refractivity contribution in [2.24, 2.45) is 0 Å². The standard InChI is InChI=1S/C22H22N8S/c1-13-10-15(3)29(26-13)21-23-19(24-22(25-21)30-16(4)11-14(2)27-30)12-20-28(5)17-8-6-7-9-18(17)31-20/h6-12H,1-5H3. The Hall–Kier alpha value is -3.46. The molecule has 0 saturated carbocycles. The smallest absolute Gasteiger partial charge is 0.256 e. The van der Waals surface area contributed by atoms with Crippen molar-refractivity contribution in [1.29, 1.82) is 0 Å². The molecule has 0 saturated heterocycles. The summed E-state index contributed by atoms with van der Waals surface area (Å²) >= 11 is 1.70. The van der Waals surface area contributed by atoms with Crippen molar-refractivity contribution in [3.05, 3.63) is 70.0 Å². The number of fused-ring (bicyclic) bond motifs is 1. The first-order chi connectivity index (χ1) is 14.9. The van der Waals surface area contributed by atoms with Crippen LogP contribution in [-0.4, -0.2) is 41.6 Å². The van der Waals surface area contributed by atoms with Crippen molar-refractivity contribution >= 4 is 23.5 Å². The Balaban J connectivity index is 1.65. The number of aromatic nitrogens is 7. The number of para-hydroxylation sites is 1. The first-order valence-electron chi connectivity index (χ1n) is 9.95. The van der Waals surface area contributed by atoms with Gasteiger partial charge in [0, 0.05) is 29.4 Å². The zero-order valence-electron chi connectivity index (χ0n) is 18.0. The third kappa shape index (κ3) is 3.50. The van der Waals surface area contributed by atoms with Crippen LogP contribution in [0, 0.1) is 27.7 Å². The van der Waals surface area contributed by atoms with E-state index in [2.05, 4.69) is 39.3 Å². The molecule has 31 heavy (non-hydrogen) atoms. The zero-order chi connectivity index (χ0) is 21.7. The summed E-state index contributed by atoms with van der Waals surface area (Å²) in [5, 5.41) is 10.2. The first-order valence-corrected chi connectivity index (χ1v) is 10.8. The molecule has 9 heteroatoms. The highest BCUT2D eigenvalue weighted by molar-refractivity contribution is 8.03. The number of anilines is 1. The Morgan fingerprint density at radius 1 is 0.806 bits per heavy atom. The summed E-state index contributed by atoms with van der Waals surface area (Å²) in [7, 11) is 2.05. The Kier molecular flexibility index (Phi) is 4.62. The number of rotatable bonds is 3. The van der Waals surface area contributed by atoms with Gasteiger partial charge < -0.3 is 4.90 Å². The number of hydrogen-bond acceptors (Lipinski definition) is 7. The summed E-state index contributed by atoms with van der Waals surface area (Å²) < 4.78 is 3.49. The van der Waals surface area contributed by atoms with E-state index in [1.165, 1.54) is 10.6 Å². The predicted molar refractivity (Wildman–Crippen MR) is 122 cm³/mol. The largest absolute Gasteiger partial charge is 0.338 e. The molecule has 0 fully saturated rings. The van der Waals surface area contributed by atoms with Crippen LogP contribution in [0.25, 0.3) is 18.0 Å². The van der Waals surface area contributed by atoms with Gasteiger partial charge >= 0.3 is 0 Å². The minimum absolute atomic E-state index is 0.471. The molecule has 5 rings (SSSR count). The van der Waals surface area contributed by atoms with Crippen molar-refractivity contribution in [1.82, 2.24) is 34.5 Å². The molecule has 0 N–H and O–H groups in total. The lowest BCUT2D eigenvalue weighted by Gasteiger charge is -2.13. The van der Waals surface area contributed by atoms with Crippen LogP contribution >= 0.6 is 11.8 Å². The van der Waals surface area contributed by atoms with E-state index < -0.39 is 0 Å². The van der Waals surface area contributed by atoms with Gasteiger partial charge in [0.25, 0.3) is 11.9 Å². The highest BCUT2D eigenvalue weighted by Gasteiger charge is 2.22. The van der Waals surface area contributed by atoms with Gasteiger partial charge in [-0.15, -0.1) is 0 Å². The SMILES string of the molecule is Cc1cc(C)n(-c2nc(C=C3Sc4ccccc4N3C)nc(-n3nc(C)cc3C)n2)n1. The van der Waals surface area contributed by atoms with Crippen molar-refractivity contribution < 1.29 is 0 Å². The Morgan fingerprint density at radius 3 is 1.90 bits per heavy atom. The lowest BCUT2D eigenvalue weighted by Crippen LogP contribution is -2.14. The summed E-state index contributed by atoms with van der Waals surface area (Å²) in [6, 6.07) is 12.3. The fraction of sp³-hybridized carbons (Fsp3) is 0.227. The third-order valence-electron chi connectivity index (χ3n) is 5.05.